The minimum absolute atomic E-state index is 0.281. The first kappa shape index (κ1) is 16.5. The van der Waals surface area contributed by atoms with E-state index >= 15 is 0 Å². The van der Waals surface area contributed by atoms with Crippen molar-refractivity contribution in [2.24, 2.45) is 0 Å². The lowest BCUT2D eigenvalue weighted by Gasteiger charge is -2.18. The van der Waals surface area contributed by atoms with Crippen LogP contribution in [-0.4, -0.2) is 47.0 Å². The zero-order valence-electron chi connectivity index (χ0n) is 14.4. The summed E-state index contributed by atoms with van der Waals surface area (Å²) in [5.74, 6) is -0.710. The second-order valence-corrected chi connectivity index (χ2v) is 6.66. The van der Waals surface area contributed by atoms with Gasteiger partial charge in [0.2, 0.25) is 0 Å². The molecule has 2 aromatic rings. The van der Waals surface area contributed by atoms with Crippen LogP contribution in [0, 0.1) is 0 Å². The summed E-state index contributed by atoms with van der Waals surface area (Å²) in [7, 11) is 0. The lowest BCUT2D eigenvalue weighted by Crippen LogP contribution is -2.41. The fraction of sp³-hybridized carbons (Fsp3) is 0.368. The quantitative estimate of drug-likeness (QED) is 0.852. The summed E-state index contributed by atoms with van der Waals surface area (Å²) in [5, 5.41) is 3.25. The molecule has 0 bridgehead atoms. The number of carbonyl (C=O) groups is 3. The number of aromatic nitrogens is 1. The Bertz CT molecular complexity index is 907. The summed E-state index contributed by atoms with van der Waals surface area (Å²) in [6.07, 6.45) is 1.10. The highest BCUT2D eigenvalue weighted by Gasteiger charge is 2.32. The van der Waals surface area contributed by atoms with Crippen LogP contribution in [0.2, 0.25) is 0 Å². The van der Waals surface area contributed by atoms with Crippen LogP contribution in [0.15, 0.2) is 30.3 Å². The molecular weight excluding hydrogens is 334 g/mol. The average Bonchev–Trinajstić information content (AvgIpc) is 3.41. The number of hydrogen-bond acceptors (Lipinski definition) is 5. The van der Waals surface area contributed by atoms with Crippen molar-refractivity contribution in [3.8, 4) is 0 Å². The van der Waals surface area contributed by atoms with E-state index in [1.807, 2.05) is 24.3 Å². The highest BCUT2D eigenvalue weighted by atomic mass is 16.5. The summed E-state index contributed by atoms with van der Waals surface area (Å²) >= 11 is 0. The van der Waals surface area contributed by atoms with Crippen LogP contribution in [0.3, 0.4) is 0 Å². The Morgan fingerprint density at radius 3 is 2.77 bits per heavy atom. The molecule has 1 aromatic heterocycles. The Balaban J connectivity index is 1.59. The fourth-order valence-electron chi connectivity index (χ4n) is 3.13. The van der Waals surface area contributed by atoms with Crippen LogP contribution >= 0.6 is 0 Å². The van der Waals surface area contributed by atoms with Crippen LogP contribution < -0.4 is 5.32 Å². The maximum atomic E-state index is 12.7. The molecular formula is C19H19N3O4. The first-order valence-electron chi connectivity index (χ1n) is 8.74. The summed E-state index contributed by atoms with van der Waals surface area (Å²) in [6, 6.07) is 8.70. The highest BCUT2D eigenvalue weighted by Crippen LogP contribution is 2.40. The van der Waals surface area contributed by atoms with Gasteiger partial charge in [-0.15, -0.1) is 0 Å². The Labute approximate surface area is 150 Å². The average molecular weight is 353 g/mol. The Morgan fingerprint density at radius 2 is 2.08 bits per heavy atom. The number of pyridine rings is 1. The zero-order valence-corrected chi connectivity index (χ0v) is 14.4. The predicted molar refractivity (Wildman–Crippen MR) is 93.7 cm³/mol. The molecule has 1 saturated heterocycles. The van der Waals surface area contributed by atoms with Gasteiger partial charge in [-0.05, 0) is 31.9 Å². The molecule has 0 unspecified atom stereocenters. The van der Waals surface area contributed by atoms with E-state index in [1.165, 1.54) is 6.92 Å². The van der Waals surface area contributed by atoms with Gasteiger partial charge in [0, 0.05) is 30.1 Å². The van der Waals surface area contributed by atoms with Gasteiger partial charge < -0.3 is 10.1 Å². The van der Waals surface area contributed by atoms with Crippen molar-refractivity contribution in [1.29, 1.82) is 0 Å². The molecule has 2 heterocycles. The molecule has 1 atom stereocenters. The van der Waals surface area contributed by atoms with Gasteiger partial charge in [-0.2, -0.15) is 0 Å². The third-order valence-electron chi connectivity index (χ3n) is 4.71. The Morgan fingerprint density at radius 1 is 1.31 bits per heavy atom. The standard InChI is InChI=1S/C19H19N3O4/c1-11(17(23)22-9-8-20-19(22)25)26-18(24)14-10-16(12-6-7-12)21-15-5-3-2-4-13(14)15/h2-5,10-12H,6-9H2,1H3,(H,20,25)/t11-/m1/s1. The van der Waals surface area contributed by atoms with Crippen LogP contribution in [0.5, 0.6) is 0 Å². The zero-order chi connectivity index (χ0) is 18.3. The molecule has 1 aliphatic heterocycles. The number of carbonyl (C=O) groups excluding carboxylic acids is 3. The molecule has 0 radical (unpaired) electrons. The van der Waals surface area contributed by atoms with Crippen molar-refractivity contribution >= 4 is 28.8 Å². The second-order valence-electron chi connectivity index (χ2n) is 6.66. The molecule has 2 aliphatic rings. The van der Waals surface area contributed by atoms with E-state index < -0.39 is 24.0 Å². The number of ether oxygens (including phenoxy) is 1. The summed E-state index contributed by atoms with van der Waals surface area (Å²) < 4.78 is 5.38. The van der Waals surface area contributed by atoms with Crippen molar-refractivity contribution in [3.63, 3.8) is 0 Å². The van der Waals surface area contributed by atoms with Crippen molar-refractivity contribution in [3.05, 3.63) is 41.6 Å². The van der Waals surface area contributed by atoms with Crippen molar-refractivity contribution < 1.29 is 19.1 Å². The van der Waals surface area contributed by atoms with E-state index in [4.69, 9.17) is 4.74 Å². The van der Waals surface area contributed by atoms with Crippen LogP contribution in [0.25, 0.3) is 10.9 Å². The number of rotatable bonds is 4. The third-order valence-corrected chi connectivity index (χ3v) is 4.71. The minimum Gasteiger partial charge on any atom is -0.449 e. The van der Waals surface area contributed by atoms with Crippen LogP contribution in [-0.2, 0) is 9.53 Å². The van der Waals surface area contributed by atoms with Gasteiger partial charge in [0.1, 0.15) is 0 Å². The third kappa shape index (κ3) is 3.00. The number of amides is 3. The molecule has 4 rings (SSSR count). The normalized spacial score (nSPS) is 17.9. The first-order chi connectivity index (χ1) is 12.5. The van der Waals surface area contributed by atoms with Gasteiger partial charge in [-0.1, -0.05) is 18.2 Å². The van der Waals surface area contributed by atoms with E-state index in [0.29, 0.717) is 23.4 Å². The van der Waals surface area contributed by atoms with Gasteiger partial charge in [-0.25, -0.2) is 9.59 Å². The van der Waals surface area contributed by atoms with Gasteiger partial charge in [0.15, 0.2) is 6.10 Å². The van der Waals surface area contributed by atoms with Gasteiger partial charge in [-0.3, -0.25) is 14.7 Å². The number of imide groups is 1. The molecule has 0 spiro atoms. The maximum Gasteiger partial charge on any atom is 0.339 e. The van der Waals surface area contributed by atoms with Crippen LogP contribution in [0.4, 0.5) is 4.79 Å². The number of fused-ring (bicyclic) bond motifs is 1. The lowest BCUT2D eigenvalue weighted by atomic mass is 10.1. The fourth-order valence-corrected chi connectivity index (χ4v) is 3.13. The number of hydrogen-bond donors (Lipinski definition) is 1. The molecule has 7 nitrogen and oxygen atoms in total. The Hall–Kier alpha value is -2.96. The van der Waals surface area contributed by atoms with E-state index in [9.17, 15) is 14.4 Å². The van der Waals surface area contributed by atoms with Gasteiger partial charge >= 0.3 is 12.0 Å². The van der Waals surface area contributed by atoms with Gasteiger partial charge in [0.25, 0.3) is 5.91 Å². The summed E-state index contributed by atoms with van der Waals surface area (Å²) in [6.45, 7) is 2.17. The molecule has 26 heavy (non-hydrogen) atoms. The number of para-hydroxylation sites is 1. The largest absolute Gasteiger partial charge is 0.449 e. The summed E-state index contributed by atoms with van der Waals surface area (Å²) in [4.78, 5) is 42.4. The highest BCUT2D eigenvalue weighted by molar-refractivity contribution is 6.05. The van der Waals surface area contributed by atoms with Crippen molar-refractivity contribution in [1.82, 2.24) is 15.2 Å². The molecule has 1 aromatic carbocycles. The minimum atomic E-state index is -1.04. The van der Waals surface area contributed by atoms with Crippen LogP contribution in [0.1, 0.15) is 41.7 Å². The van der Waals surface area contributed by atoms with E-state index in [1.54, 1.807) is 6.07 Å². The second kappa shape index (κ2) is 6.40. The molecule has 7 heteroatoms. The lowest BCUT2D eigenvalue weighted by molar-refractivity contribution is -0.136. The Kier molecular flexibility index (Phi) is 4.06. The summed E-state index contributed by atoms with van der Waals surface area (Å²) in [5.41, 5.74) is 2.03. The van der Waals surface area contributed by atoms with E-state index in [0.717, 1.165) is 29.0 Å². The first-order valence-corrected chi connectivity index (χ1v) is 8.74. The van der Waals surface area contributed by atoms with Crippen molar-refractivity contribution in [2.75, 3.05) is 13.1 Å². The number of esters is 1. The van der Waals surface area contributed by atoms with Gasteiger partial charge in [0.05, 0.1) is 11.1 Å². The smallest absolute Gasteiger partial charge is 0.339 e. The molecule has 1 N–H and O–H groups in total. The molecule has 1 saturated carbocycles. The molecule has 2 fully saturated rings. The number of nitrogens with one attached hydrogen (secondary N) is 1. The number of benzene rings is 1. The SMILES string of the molecule is C[C@@H](OC(=O)c1cc(C2CC2)nc2ccccc12)C(=O)N1CCNC1=O. The number of urea groups is 1. The number of nitrogens with zero attached hydrogens (tertiary/aromatic N) is 2. The molecule has 1 aliphatic carbocycles. The monoisotopic (exact) mass is 353 g/mol. The molecule has 134 valence electrons. The van der Waals surface area contributed by atoms with E-state index in [-0.39, 0.29) is 6.54 Å². The predicted octanol–water partition coefficient (Wildman–Crippen LogP) is 2.21. The van der Waals surface area contributed by atoms with Crippen molar-refractivity contribution in [2.45, 2.75) is 31.8 Å². The van der Waals surface area contributed by atoms with E-state index in [2.05, 4.69) is 10.3 Å². The maximum absolute atomic E-state index is 12.7. The topological polar surface area (TPSA) is 88.6 Å². The molecule has 3 amide bonds.